The van der Waals surface area contributed by atoms with Crippen LogP contribution >= 0.6 is 11.3 Å². The highest BCUT2D eigenvalue weighted by Crippen LogP contribution is 2.28. The molecular weight excluding hydrogens is 280 g/mol. The van der Waals surface area contributed by atoms with Gasteiger partial charge in [-0.1, -0.05) is 18.3 Å². The van der Waals surface area contributed by atoms with Gasteiger partial charge in [0.05, 0.1) is 17.3 Å². The van der Waals surface area contributed by atoms with Crippen molar-refractivity contribution in [3.8, 4) is 5.75 Å². The van der Waals surface area contributed by atoms with Crippen LogP contribution in [0.5, 0.6) is 5.75 Å². The van der Waals surface area contributed by atoms with E-state index in [-0.39, 0.29) is 13.0 Å². The monoisotopic (exact) mass is 294 g/mol. The van der Waals surface area contributed by atoms with Gasteiger partial charge in [-0.2, -0.15) is 0 Å². The van der Waals surface area contributed by atoms with Gasteiger partial charge in [0.2, 0.25) is 0 Å². The second-order valence-electron chi connectivity index (χ2n) is 3.92. The van der Waals surface area contributed by atoms with Crippen molar-refractivity contribution < 1.29 is 19.1 Å². The number of ether oxygens (including phenoxy) is 2. The highest BCUT2D eigenvalue weighted by molar-refractivity contribution is 7.22. The number of fused-ring (bicyclic) bond motifs is 1. The summed E-state index contributed by atoms with van der Waals surface area (Å²) in [5.41, 5.74) is 0.775. The quantitative estimate of drug-likeness (QED) is 0.855. The van der Waals surface area contributed by atoms with E-state index in [4.69, 9.17) is 9.47 Å². The summed E-state index contributed by atoms with van der Waals surface area (Å²) in [6, 6.07) is 5.47. The Bertz CT molecular complexity index is 638. The lowest BCUT2D eigenvalue weighted by atomic mass is 10.3. The van der Waals surface area contributed by atoms with Crippen molar-refractivity contribution in [1.82, 2.24) is 4.98 Å². The van der Waals surface area contributed by atoms with Gasteiger partial charge in [-0.05, 0) is 18.2 Å². The van der Waals surface area contributed by atoms with E-state index < -0.39 is 11.9 Å². The molecule has 0 saturated carbocycles. The maximum Gasteiger partial charge on any atom is 0.306 e. The molecule has 1 N–H and O–H groups in total. The molecule has 0 spiro atoms. The van der Waals surface area contributed by atoms with Crippen molar-refractivity contribution in [3.05, 3.63) is 18.2 Å². The number of benzene rings is 1. The zero-order valence-electron chi connectivity index (χ0n) is 11.1. The summed E-state index contributed by atoms with van der Waals surface area (Å²) in [6.45, 7) is 1.37. The van der Waals surface area contributed by atoms with Crippen molar-refractivity contribution in [2.24, 2.45) is 0 Å². The van der Waals surface area contributed by atoms with Crippen molar-refractivity contribution in [2.45, 2.75) is 13.3 Å². The molecule has 2 aromatic rings. The molecule has 20 heavy (non-hydrogen) atoms. The minimum Gasteiger partial charge on any atom is -0.497 e. The van der Waals surface area contributed by atoms with Gasteiger partial charge in [-0.3, -0.25) is 14.9 Å². The SMILES string of the molecule is CCC(=O)OCC(=O)Nc1nc2ccc(OC)cc2s1. The van der Waals surface area contributed by atoms with E-state index >= 15 is 0 Å². The van der Waals surface area contributed by atoms with Crippen LogP contribution < -0.4 is 10.1 Å². The van der Waals surface area contributed by atoms with Gasteiger partial charge in [0.15, 0.2) is 11.7 Å². The third-order valence-electron chi connectivity index (χ3n) is 2.49. The lowest BCUT2D eigenvalue weighted by molar-refractivity contribution is -0.146. The predicted octanol–water partition coefficient (Wildman–Crippen LogP) is 2.20. The molecule has 0 aliphatic carbocycles. The number of thiazole rings is 1. The van der Waals surface area contributed by atoms with E-state index in [2.05, 4.69) is 10.3 Å². The summed E-state index contributed by atoms with van der Waals surface area (Å²) in [7, 11) is 1.59. The van der Waals surface area contributed by atoms with E-state index in [1.54, 1.807) is 20.1 Å². The molecule has 0 aliphatic rings. The number of carbonyl (C=O) groups excluding carboxylic acids is 2. The molecular formula is C13H14N2O4S. The highest BCUT2D eigenvalue weighted by atomic mass is 32.1. The fourth-order valence-corrected chi connectivity index (χ4v) is 2.40. The Balaban J connectivity index is 2.02. The Morgan fingerprint density at radius 1 is 1.40 bits per heavy atom. The molecule has 1 aromatic heterocycles. The largest absolute Gasteiger partial charge is 0.497 e. The Labute approximate surface area is 119 Å². The number of hydrogen-bond acceptors (Lipinski definition) is 6. The van der Waals surface area contributed by atoms with Crippen LogP contribution in [0.25, 0.3) is 10.2 Å². The average molecular weight is 294 g/mol. The van der Waals surface area contributed by atoms with Gasteiger partial charge in [0, 0.05) is 6.42 Å². The summed E-state index contributed by atoms with van der Waals surface area (Å²) >= 11 is 1.33. The lowest BCUT2D eigenvalue weighted by Crippen LogP contribution is -2.20. The molecule has 1 aromatic carbocycles. The van der Waals surface area contributed by atoms with E-state index in [0.717, 1.165) is 16.0 Å². The van der Waals surface area contributed by atoms with Gasteiger partial charge < -0.3 is 9.47 Å². The number of nitrogens with zero attached hydrogens (tertiary/aromatic N) is 1. The van der Waals surface area contributed by atoms with Crippen LogP contribution in [0.2, 0.25) is 0 Å². The van der Waals surface area contributed by atoms with Crippen LogP contribution in [0, 0.1) is 0 Å². The molecule has 0 atom stereocenters. The third kappa shape index (κ3) is 3.45. The van der Waals surface area contributed by atoms with Crippen molar-refractivity contribution in [3.63, 3.8) is 0 Å². The number of hydrogen-bond donors (Lipinski definition) is 1. The predicted molar refractivity (Wildman–Crippen MR) is 76.1 cm³/mol. The Morgan fingerprint density at radius 3 is 2.90 bits per heavy atom. The molecule has 0 unspecified atom stereocenters. The van der Waals surface area contributed by atoms with Crippen LogP contribution in [0.1, 0.15) is 13.3 Å². The molecule has 2 rings (SSSR count). The molecule has 0 radical (unpaired) electrons. The van der Waals surface area contributed by atoms with E-state index in [1.807, 2.05) is 12.1 Å². The molecule has 0 saturated heterocycles. The fourth-order valence-electron chi connectivity index (χ4n) is 1.49. The Morgan fingerprint density at radius 2 is 2.20 bits per heavy atom. The Hall–Kier alpha value is -2.15. The summed E-state index contributed by atoms with van der Waals surface area (Å²) in [6.07, 6.45) is 0.244. The second kappa shape index (κ2) is 6.33. The molecule has 1 heterocycles. The van der Waals surface area contributed by atoms with Crippen molar-refractivity contribution >= 4 is 38.6 Å². The Kier molecular flexibility index (Phi) is 4.52. The van der Waals surface area contributed by atoms with Crippen LogP contribution in [0.3, 0.4) is 0 Å². The molecule has 6 nitrogen and oxygen atoms in total. The van der Waals surface area contributed by atoms with E-state index in [1.165, 1.54) is 11.3 Å². The number of rotatable bonds is 5. The van der Waals surface area contributed by atoms with Crippen molar-refractivity contribution in [2.75, 3.05) is 19.0 Å². The summed E-state index contributed by atoms with van der Waals surface area (Å²) < 4.78 is 10.8. The number of nitrogens with one attached hydrogen (secondary N) is 1. The molecule has 0 aliphatic heterocycles. The van der Waals surface area contributed by atoms with Gasteiger partial charge in [-0.25, -0.2) is 4.98 Å². The molecule has 0 fully saturated rings. The van der Waals surface area contributed by atoms with Crippen LogP contribution in [-0.2, 0) is 14.3 Å². The highest BCUT2D eigenvalue weighted by Gasteiger charge is 2.10. The number of methoxy groups -OCH3 is 1. The first-order chi connectivity index (χ1) is 9.62. The first kappa shape index (κ1) is 14.3. The zero-order valence-corrected chi connectivity index (χ0v) is 12.0. The first-order valence-corrected chi connectivity index (χ1v) is 6.84. The molecule has 0 bridgehead atoms. The van der Waals surface area contributed by atoms with Gasteiger partial charge >= 0.3 is 5.97 Å². The van der Waals surface area contributed by atoms with Gasteiger partial charge in [0.1, 0.15) is 5.75 Å². The summed E-state index contributed by atoms with van der Waals surface area (Å²) in [5, 5.41) is 3.06. The minimum atomic E-state index is -0.408. The molecule has 7 heteroatoms. The van der Waals surface area contributed by atoms with Crippen molar-refractivity contribution in [1.29, 1.82) is 0 Å². The number of anilines is 1. The van der Waals surface area contributed by atoms with Crippen LogP contribution in [0.15, 0.2) is 18.2 Å². The van der Waals surface area contributed by atoms with Crippen LogP contribution in [0.4, 0.5) is 5.13 Å². The zero-order chi connectivity index (χ0) is 14.5. The normalized spacial score (nSPS) is 10.3. The number of esters is 1. The number of carbonyl (C=O) groups is 2. The van der Waals surface area contributed by atoms with Gasteiger partial charge in [-0.15, -0.1) is 0 Å². The maximum absolute atomic E-state index is 11.6. The molecule has 106 valence electrons. The van der Waals surface area contributed by atoms with E-state index in [9.17, 15) is 9.59 Å². The third-order valence-corrected chi connectivity index (χ3v) is 3.43. The number of aromatic nitrogens is 1. The smallest absolute Gasteiger partial charge is 0.306 e. The van der Waals surface area contributed by atoms with Crippen LogP contribution in [-0.4, -0.2) is 30.6 Å². The molecule has 1 amide bonds. The fraction of sp³-hybridized carbons (Fsp3) is 0.308. The maximum atomic E-state index is 11.6. The lowest BCUT2D eigenvalue weighted by Gasteiger charge is -2.02. The minimum absolute atomic E-state index is 0.244. The second-order valence-corrected chi connectivity index (χ2v) is 4.95. The summed E-state index contributed by atoms with van der Waals surface area (Å²) in [5.74, 6) is -0.0806. The first-order valence-electron chi connectivity index (χ1n) is 6.02. The average Bonchev–Trinajstić information content (AvgIpc) is 2.85. The topological polar surface area (TPSA) is 77.5 Å². The summed E-state index contributed by atoms with van der Waals surface area (Å²) in [4.78, 5) is 26.8. The number of amides is 1. The standard InChI is InChI=1S/C13H14N2O4S/c1-3-12(17)19-7-11(16)15-13-14-9-5-4-8(18-2)6-10(9)20-13/h4-6H,3,7H2,1-2H3,(H,14,15,16). The van der Waals surface area contributed by atoms with E-state index in [0.29, 0.717) is 5.13 Å². The van der Waals surface area contributed by atoms with Gasteiger partial charge in [0.25, 0.3) is 5.91 Å².